The number of thiophene rings is 1. The summed E-state index contributed by atoms with van der Waals surface area (Å²) in [6.07, 6.45) is 4.49. The molecule has 5 nitrogen and oxygen atoms in total. The van der Waals surface area contributed by atoms with Crippen LogP contribution in [0.25, 0.3) is 21.3 Å². The molecule has 0 aliphatic heterocycles. The van der Waals surface area contributed by atoms with Crippen LogP contribution in [0.5, 0.6) is 0 Å². The van der Waals surface area contributed by atoms with Gasteiger partial charge in [-0.3, -0.25) is 4.79 Å². The molecule has 1 aromatic carbocycles. The second-order valence-corrected chi connectivity index (χ2v) is 6.44. The van der Waals surface area contributed by atoms with Gasteiger partial charge in [-0.25, -0.2) is 4.98 Å². The molecule has 0 saturated carbocycles. The molecule has 24 heavy (non-hydrogen) atoms. The van der Waals surface area contributed by atoms with Gasteiger partial charge in [0.1, 0.15) is 16.9 Å². The molecule has 0 spiro atoms. The maximum atomic E-state index is 12.9. The molecule has 0 unspecified atom stereocenters. The van der Waals surface area contributed by atoms with Gasteiger partial charge in [-0.1, -0.05) is 30.3 Å². The summed E-state index contributed by atoms with van der Waals surface area (Å²) in [5.74, 6) is 0.576. The van der Waals surface area contributed by atoms with E-state index in [1.54, 1.807) is 18.4 Å². The van der Waals surface area contributed by atoms with E-state index in [4.69, 9.17) is 4.42 Å². The summed E-state index contributed by atoms with van der Waals surface area (Å²) in [6.45, 7) is 2.00. The van der Waals surface area contributed by atoms with E-state index in [9.17, 15) is 4.79 Å². The molecule has 0 N–H and O–H groups in total. The Morgan fingerprint density at radius 2 is 2.04 bits per heavy atom. The van der Waals surface area contributed by atoms with Crippen molar-refractivity contribution in [2.24, 2.45) is 5.10 Å². The van der Waals surface area contributed by atoms with E-state index < -0.39 is 0 Å². The second kappa shape index (κ2) is 5.90. The van der Waals surface area contributed by atoms with Crippen LogP contribution >= 0.6 is 11.3 Å². The van der Waals surface area contributed by atoms with Crippen LogP contribution in [0.4, 0.5) is 0 Å². The molecule has 0 radical (unpaired) electrons. The van der Waals surface area contributed by atoms with E-state index in [2.05, 4.69) is 10.1 Å². The lowest BCUT2D eigenvalue weighted by atomic mass is 10.0. The number of benzene rings is 1. The van der Waals surface area contributed by atoms with Crippen LogP contribution < -0.4 is 5.56 Å². The van der Waals surface area contributed by atoms with E-state index in [1.165, 1.54) is 28.6 Å². The molecule has 0 aliphatic rings. The van der Waals surface area contributed by atoms with E-state index >= 15 is 0 Å². The molecule has 3 heterocycles. The molecule has 6 heteroatoms. The van der Waals surface area contributed by atoms with Gasteiger partial charge in [-0.2, -0.15) is 9.78 Å². The standard InChI is InChI=1S/C18H13N3O2S/c1-12-15(13-6-3-2-4-7-13)16-17(24-12)19-11-21(18(16)22)20-10-14-8-5-9-23-14/h2-11H,1H3/b20-10-. The van der Waals surface area contributed by atoms with Crippen LogP contribution in [0, 0.1) is 6.92 Å². The zero-order chi connectivity index (χ0) is 16.5. The Bertz CT molecular complexity index is 1080. The third-order valence-electron chi connectivity index (χ3n) is 3.69. The SMILES string of the molecule is Cc1sc2ncn(/N=C\c3ccco3)c(=O)c2c1-c1ccccc1. The summed E-state index contributed by atoms with van der Waals surface area (Å²) in [6, 6.07) is 13.4. The van der Waals surface area contributed by atoms with Gasteiger partial charge in [0.05, 0.1) is 17.9 Å². The summed E-state index contributed by atoms with van der Waals surface area (Å²) in [5.41, 5.74) is 1.74. The van der Waals surface area contributed by atoms with Crippen LogP contribution in [-0.2, 0) is 0 Å². The van der Waals surface area contributed by atoms with Crippen LogP contribution in [0.3, 0.4) is 0 Å². The number of fused-ring (bicyclic) bond motifs is 1. The smallest absolute Gasteiger partial charge is 0.283 e. The fraction of sp³-hybridized carbons (Fsp3) is 0.0556. The van der Waals surface area contributed by atoms with E-state index in [0.717, 1.165) is 20.8 Å². The zero-order valence-electron chi connectivity index (χ0n) is 12.8. The van der Waals surface area contributed by atoms with Gasteiger partial charge < -0.3 is 4.42 Å². The Labute approximate surface area is 141 Å². The molecular weight excluding hydrogens is 322 g/mol. The molecule has 0 saturated heterocycles. The van der Waals surface area contributed by atoms with Gasteiger partial charge in [0.25, 0.3) is 5.56 Å². The summed E-state index contributed by atoms with van der Waals surface area (Å²) in [5, 5.41) is 4.77. The summed E-state index contributed by atoms with van der Waals surface area (Å²) >= 11 is 1.52. The zero-order valence-corrected chi connectivity index (χ0v) is 13.7. The highest BCUT2D eigenvalue weighted by atomic mass is 32.1. The molecule has 4 aromatic rings. The molecule has 0 amide bonds. The molecule has 0 aliphatic carbocycles. The van der Waals surface area contributed by atoms with Crippen molar-refractivity contribution in [3.05, 3.63) is 76.0 Å². The minimum absolute atomic E-state index is 0.189. The Hall–Kier alpha value is -2.99. The Morgan fingerprint density at radius 3 is 2.79 bits per heavy atom. The highest BCUT2D eigenvalue weighted by molar-refractivity contribution is 7.19. The van der Waals surface area contributed by atoms with Crippen molar-refractivity contribution in [1.82, 2.24) is 9.66 Å². The minimum atomic E-state index is -0.189. The first-order chi connectivity index (χ1) is 11.7. The van der Waals surface area contributed by atoms with Gasteiger partial charge in [-0.05, 0) is 24.6 Å². The van der Waals surface area contributed by atoms with Crippen molar-refractivity contribution >= 4 is 27.8 Å². The van der Waals surface area contributed by atoms with Crippen molar-refractivity contribution in [3.8, 4) is 11.1 Å². The predicted molar refractivity (Wildman–Crippen MR) is 95.8 cm³/mol. The Balaban J connectivity index is 1.91. The third kappa shape index (κ3) is 2.47. The summed E-state index contributed by atoms with van der Waals surface area (Å²) < 4.78 is 6.44. The molecular formula is C18H13N3O2S. The average Bonchev–Trinajstić information content (AvgIpc) is 3.22. The van der Waals surface area contributed by atoms with Crippen molar-refractivity contribution in [2.45, 2.75) is 6.92 Å². The molecule has 118 valence electrons. The lowest BCUT2D eigenvalue weighted by Crippen LogP contribution is -2.16. The number of rotatable bonds is 3. The minimum Gasteiger partial charge on any atom is -0.463 e. The molecule has 0 atom stereocenters. The van der Waals surface area contributed by atoms with Crippen molar-refractivity contribution < 1.29 is 4.42 Å². The maximum Gasteiger partial charge on any atom is 0.283 e. The largest absolute Gasteiger partial charge is 0.463 e. The topological polar surface area (TPSA) is 60.4 Å². The molecule has 0 bridgehead atoms. The fourth-order valence-corrected chi connectivity index (χ4v) is 3.62. The highest BCUT2D eigenvalue weighted by Crippen LogP contribution is 2.35. The quantitative estimate of drug-likeness (QED) is 0.533. The number of aryl methyl sites for hydroxylation is 1. The van der Waals surface area contributed by atoms with Crippen LogP contribution in [0.1, 0.15) is 10.6 Å². The Morgan fingerprint density at radius 1 is 1.21 bits per heavy atom. The van der Waals surface area contributed by atoms with Gasteiger partial charge in [0.15, 0.2) is 0 Å². The Kier molecular flexibility index (Phi) is 3.59. The molecule has 4 rings (SSSR count). The molecule has 0 fully saturated rings. The third-order valence-corrected chi connectivity index (χ3v) is 4.70. The summed E-state index contributed by atoms with van der Waals surface area (Å²) in [7, 11) is 0. The average molecular weight is 335 g/mol. The van der Waals surface area contributed by atoms with Gasteiger partial charge in [-0.15, -0.1) is 11.3 Å². The van der Waals surface area contributed by atoms with E-state index in [0.29, 0.717) is 11.1 Å². The predicted octanol–water partition coefficient (Wildman–Crippen LogP) is 3.91. The first-order valence-electron chi connectivity index (χ1n) is 7.38. The monoisotopic (exact) mass is 335 g/mol. The fourth-order valence-electron chi connectivity index (χ4n) is 2.61. The first kappa shape index (κ1) is 14.6. The van der Waals surface area contributed by atoms with Crippen LogP contribution in [-0.4, -0.2) is 15.9 Å². The van der Waals surface area contributed by atoms with Gasteiger partial charge in [0.2, 0.25) is 0 Å². The number of hydrogen-bond acceptors (Lipinski definition) is 5. The van der Waals surface area contributed by atoms with E-state index in [-0.39, 0.29) is 5.56 Å². The summed E-state index contributed by atoms with van der Waals surface area (Å²) in [4.78, 5) is 19.1. The van der Waals surface area contributed by atoms with Gasteiger partial charge >= 0.3 is 0 Å². The number of nitrogens with zero attached hydrogens (tertiary/aromatic N) is 3. The number of furan rings is 1. The number of aromatic nitrogens is 2. The van der Waals surface area contributed by atoms with Crippen molar-refractivity contribution in [2.75, 3.05) is 0 Å². The lowest BCUT2D eigenvalue weighted by Gasteiger charge is -2.02. The molecule has 3 aromatic heterocycles. The number of hydrogen-bond donors (Lipinski definition) is 0. The van der Waals surface area contributed by atoms with E-state index in [1.807, 2.05) is 37.3 Å². The first-order valence-corrected chi connectivity index (χ1v) is 8.20. The second-order valence-electron chi connectivity index (χ2n) is 5.23. The van der Waals surface area contributed by atoms with Crippen LogP contribution in [0.15, 0.2) is 69.4 Å². The van der Waals surface area contributed by atoms with Crippen molar-refractivity contribution in [1.29, 1.82) is 0 Å². The van der Waals surface area contributed by atoms with Crippen LogP contribution in [0.2, 0.25) is 0 Å². The maximum absolute atomic E-state index is 12.9. The normalized spacial score (nSPS) is 11.5. The lowest BCUT2D eigenvalue weighted by molar-refractivity contribution is 0.559. The highest BCUT2D eigenvalue weighted by Gasteiger charge is 2.16. The van der Waals surface area contributed by atoms with Crippen molar-refractivity contribution in [3.63, 3.8) is 0 Å². The van der Waals surface area contributed by atoms with Gasteiger partial charge in [0, 0.05) is 10.4 Å².